The number of carbonyl (C=O) groups is 3. The van der Waals surface area contributed by atoms with E-state index in [0.29, 0.717) is 0 Å². The van der Waals surface area contributed by atoms with Crippen molar-refractivity contribution in [3.63, 3.8) is 0 Å². The van der Waals surface area contributed by atoms with Gasteiger partial charge < -0.3 is 25.6 Å². The fraction of sp³-hybridized carbons (Fsp3) is 0.571. The SMILES string of the molecule is Cn1cc(NC(=O)OC(C)(C)C)c(NC(=O)C[C@@H](CO)OC(N)=O)n1. The summed E-state index contributed by atoms with van der Waals surface area (Å²) in [6.07, 6.45) is -1.74. The molecule has 0 saturated heterocycles. The average Bonchev–Trinajstić information content (AvgIpc) is 2.74. The number of primary amides is 1. The van der Waals surface area contributed by atoms with Crippen LogP contribution >= 0.6 is 0 Å². The summed E-state index contributed by atoms with van der Waals surface area (Å²) < 4.78 is 11.1. The van der Waals surface area contributed by atoms with Crippen molar-refractivity contribution in [1.29, 1.82) is 0 Å². The minimum atomic E-state index is -1.10. The summed E-state index contributed by atoms with van der Waals surface area (Å²) in [6.45, 7) is 4.58. The Morgan fingerprint density at radius 1 is 1.36 bits per heavy atom. The third-order valence-electron chi connectivity index (χ3n) is 2.62. The van der Waals surface area contributed by atoms with Gasteiger partial charge in [-0.05, 0) is 20.8 Å². The van der Waals surface area contributed by atoms with Crippen LogP contribution in [-0.4, -0.2) is 51.3 Å². The van der Waals surface area contributed by atoms with Crippen LogP contribution in [0.5, 0.6) is 0 Å². The van der Waals surface area contributed by atoms with E-state index in [-0.39, 0.29) is 17.9 Å². The van der Waals surface area contributed by atoms with Crippen molar-refractivity contribution in [2.75, 3.05) is 17.2 Å². The van der Waals surface area contributed by atoms with Gasteiger partial charge in [-0.1, -0.05) is 0 Å². The molecule has 1 rings (SSSR count). The molecule has 0 unspecified atom stereocenters. The van der Waals surface area contributed by atoms with Gasteiger partial charge in [-0.3, -0.25) is 14.8 Å². The number of aliphatic hydroxyl groups is 1. The van der Waals surface area contributed by atoms with Gasteiger partial charge in [0, 0.05) is 7.05 Å². The number of amides is 3. The third-order valence-corrected chi connectivity index (χ3v) is 2.62. The van der Waals surface area contributed by atoms with Crippen LogP contribution in [0.1, 0.15) is 27.2 Å². The standard InChI is InChI=1S/C14H23N5O6/c1-14(2,3)25-13(23)16-9-6-19(4)18-11(9)17-10(21)5-8(7-20)24-12(15)22/h6,8,20H,5,7H2,1-4H3,(H2,15,22)(H,16,23)(H,17,18,21)/t8-/m0/s1. The van der Waals surface area contributed by atoms with Crippen molar-refractivity contribution in [2.24, 2.45) is 12.8 Å². The Balaban J connectivity index is 2.74. The van der Waals surface area contributed by atoms with E-state index in [2.05, 4.69) is 20.5 Å². The Bertz CT molecular complexity index is 636. The van der Waals surface area contributed by atoms with Gasteiger partial charge in [0.2, 0.25) is 5.91 Å². The van der Waals surface area contributed by atoms with E-state index in [0.717, 1.165) is 0 Å². The molecule has 0 saturated carbocycles. The summed E-state index contributed by atoms with van der Waals surface area (Å²) in [7, 11) is 1.60. The molecule has 1 atom stereocenters. The number of hydrogen-bond donors (Lipinski definition) is 4. The van der Waals surface area contributed by atoms with Crippen molar-refractivity contribution in [3.05, 3.63) is 6.20 Å². The topological polar surface area (TPSA) is 158 Å². The molecule has 0 fully saturated rings. The second-order valence-electron chi connectivity index (χ2n) is 6.19. The first-order valence-corrected chi connectivity index (χ1v) is 7.40. The zero-order chi connectivity index (χ0) is 19.2. The smallest absolute Gasteiger partial charge is 0.412 e. The number of rotatable bonds is 6. The molecule has 1 aromatic heterocycles. The highest BCUT2D eigenvalue weighted by Crippen LogP contribution is 2.20. The van der Waals surface area contributed by atoms with Gasteiger partial charge in [-0.2, -0.15) is 5.10 Å². The van der Waals surface area contributed by atoms with Crippen LogP contribution < -0.4 is 16.4 Å². The Morgan fingerprint density at radius 2 is 2.00 bits per heavy atom. The molecule has 1 aromatic rings. The lowest BCUT2D eigenvalue weighted by Gasteiger charge is -2.19. The molecule has 25 heavy (non-hydrogen) atoms. The van der Waals surface area contributed by atoms with Gasteiger partial charge in [0.1, 0.15) is 17.4 Å². The third kappa shape index (κ3) is 7.52. The lowest BCUT2D eigenvalue weighted by Crippen LogP contribution is -2.30. The molecular formula is C14H23N5O6. The van der Waals surface area contributed by atoms with E-state index >= 15 is 0 Å². The number of ether oxygens (including phenoxy) is 2. The second-order valence-corrected chi connectivity index (χ2v) is 6.19. The van der Waals surface area contributed by atoms with E-state index in [4.69, 9.17) is 15.6 Å². The van der Waals surface area contributed by atoms with Crippen molar-refractivity contribution < 1.29 is 29.0 Å². The molecule has 0 aromatic carbocycles. The number of nitrogens with one attached hydrogen (secondary N) is 2. The number of aryl methyl sites for hydroxylation is 1. The first-order chi connectivity index (χ1) is 11.5. The lowest BCUT2D eigenvalue weighted by atomic mass is 10.2. The van der Waals surface area contributed by atoms with Crippen LogP contribution in [0.2, 0.25) is 0 Å². The van der Waals surface area contributed by atoms with Crippen molar-refractivity contribution >= 4 is 29.6 Å². The van der Waals surface area contributed by atoms with E-state index in [9.17, 15) is 14.4 Å². The van der Waals surface area contributed by atoms with Crippen LogP contribution in [0.15, 0.2) is 6.20 Å². The highest BCUT2D eigenvalue weighted by Gasteiger charge is 2.21. The normalized spacial score (nSPS) is 12.2. The van der Waals surface area contributed by atoms with Gasteiger partial charge in [-0.25, -0.2) is 9.59 Å². The summed E-state index contributed by atoms with van der Waals surface area (Å²) in [5.74, 6) is -0.514. The Kier molecular flexibility index (Phi) is 6.74. The maximum absolute atomic E-state index is 12.0. The highest BCUT2D eigenvalue weighted by molar-refractivity contribution is 5.96. The van der Waals surface area contributed by atoms with E-state index in [1.54, 1.807) is 27.8 Å². The summed E-state index contributed by atoms with van der Waals surface area (Å²) >= 11 is 0. The summed E-state index contributed by atoms with van der Waals surface area (Å²) in [5.41, 5.74) is 4.39. The molecule has 1 heterocycles. The molecule has 0 radical (unpaired) electrons. The summed E-state index contributed by atoms with van der Waals surface area (Å²) in [6, 6.07) is 0. The molecular weight excluding hydrogens is 334 g/mol. The molecule has 0 aliphatic carbocycles. The zero-order valence-corrected chi connectivity index (χ0v) is 14.5. The highest BCUT2D eigenvalue weighted by atomic mass is 16.6. The maximum atomic E-state index is 12.0. The number of nitrogens with zero attached hydrogens (tertiary/aromatic N) is 2. The van der Waals surface area contributed by atoms with Crippen molar-refractivity contribution in [3.8, 4) is 0 Å². The van der Waals surface area contributed by atoms with Crippen molar-refractivity contribution in [1.82, 2.24) is 9.78 Å². The molecule has 11 heteroatoms. The van der Waals surface area contributed by atoms with E-state index < -0.39 is 36.4 Å². The lowest BCUT2D eigenvalue weighted by molar-refractivity contribution is -0.118. The molecule has 0 spiro atoms. The Labute approximate surface area is 144 Å². The van der Waals surface area contributed by atoms with Crippen LogP contribution in [0, 0.1) is 0 Å². The Hall–Kier alpha value is -2.82. The molecule has 0 bridgehead atoms. The van der Waals surface area contributed by atoms with E-state index in [1.165, 1.54) is 10.9 Å². The zero-order valence-electron chi connectivity index (χ0n) is 14.5. The first-order valence-electron chi connectivity index (χ1n) is 7.40. The quantitative estimate of drug-likeness (QED) is 0.578. The van der Waals surface area contributed by atoms with Crippen molar-refractivity contribution in [2.45, 2.75) is 38.9 Å². The number of nitrogens with two attached hydrogens (primary N) is 1. The molecule has 3 amide bonds. The predicted octanol–water partition coefficient (Wildman–Crippen LogP) is 0.552. The summed E-state index contributed by atoms with van der Waals surface area (Å²) in [5, 5.41) is 18.0. The monoisotopic (exact) mass is 357 g/mol. The van der Waals surface area contributed by atoms with Gasteiger partial charge in [-0.15, -0.1) is 0 Å². The molecule has 0 aliphatic heterocycles. The number of aliphatic hydroxyl groups excluding tert-OH is 1. The van der Waals surface area contributed by atoms with Crippen LogP contribution in [-0.2, 0) is 21.3 Å². The van der Waals surface area contributed by atoms with Crippen LogP contribution in [0.25, 0.3) is 0 Å². The van der Waals surface area contributed by atoms with Crippen LogP contribution in [0.3, 0.4) is 0 Å². The molecule has 11 nitrogen and oxygen atoms in total. The minimum absolute atomic E-state index is 0.0779. The van der Waals surface area contributed by atoms with E-state index in [1.807, 2.05) is 0 Å². The maximum Gasteiger partial charge on any atom is 0.412 e. The second kappa shape index (κ2) is 8.33. The molecule has 5 N–H and O–H groups in total. The van der Waals surface area contributed by atoms with Crippen LogP contribution in [0.4, 0.5) is 21.1 Å². The van der Waals surface area contributed by atoms with Gasteiger partial charge in [0.25, 0.3) is 0 Å². The number of aromatic nitrogens is 2. The largest absolute Gasteiger partial charge is 0.444 e. The fourth-order valence-electron chi connectivity index (χ4n) is 1.78. The molecule has 140 valence electrons. The Morgan fingerprint density at radius 3 is 2.52 bits per heavy atom. The van der Waals surface area contributed by atoms with Gasteiger partial charge >= 0.3 is 12.2 Å². The van der Waals surface area contributed by atoms with Gasteiger partial charge in [0.05, 0.1) is 19.2 Å². The van der Waals surface area contributed by atoms with Gasteiger partial charge in [0.15, 0.2) is 5.82 Å². The first kappa shape index (κ1) is 20.2. The fourth-order valence-corrected chi connectivity index (χ4v) is 1.78. The predicted molar refractivity (Wildman–Crippen MR) is 87.9 cm³/mol. The molecule has 0 aliphatic rings. The number of carbonyl (C=O) groups excluding carboxylic acids is 3. The average molecular weight is 357 g/mol. The number of anilines is 2. The summed E-state index contributed by atoms with van der Waals surface area (Å²) in [4.78, 5) is 34.5. The minimum Gasteiger partial charge on any atom is -0.444 e. The number of hydrogen-bond acceptors (Lipinski definition) is 7.